The molecule has 3 aromatic heterocycles. The third-order valence-electron chi connectivity index (χ3n) is 5.19. The monoisotopic (exact) mass is 377 g/mol. The maximum absolute atomic E-state index is 12.0. The number of aromatic nitrogens is 4. The summed E-state index contributed by atoms with van der Waals surface area (Å²) in [4.78, 5) is 31.6. The molecule has 4 rings (SSSR count). The van der Waals surface area contributed by atoms with Gasteiger partial charge in [-0.3, -0.25) is 14.8 Å². The molecule has 0 saturated carbocycles. The number of amides is 1. The van der Waals surface area contributed by atoms with Crippen LogP contribution in [-0.2, 0) is 0 Å². The van der Waals surface area contributed by atoms with Gasteiger partial charge in [-0.2, -0.15) is 0 Å². The highest BCUT2D eigenvalue weighted by atomic mass is 16.2. The van der Waals surface area contributed by atoms with Gasteiger partial charge in [0.1, 0.15) is 5.82 Å². The largest absolute Gasteiger partial charge is 0.380 e. The molecule has 0 aromatic carbocycles. The number of rotatable bonds is 4. The lowest BCUT2D eigenvalue weighted by Gasteiger charge is -2.22. The van der Waals surface area contributed by atoms with Gasteiger partial charge in [-0.15, -0.1) is 0 Å². The molecule has 1 aliphatic rings. The van der Waals surface area contributed by atoms with E-state index in [4.69, 9.17) is 0 Å². The van der Waals surface area contributed by atoms with Crippen LogP contribution >= 0.6 is 0 Å². The van der Waals surface area contributed by atoms with Crippen LogP contribution in [-0.4, -0.2) is 52.0 Å². The first kappa shape index (κ1) is 18.1. The number of fused-ring (bicyclic) bond motifs is 1. The van der Waals surface area contributed by atoms with Gasteiger partial charge < -0.3 is 15.5 Å². The molecule has 0 spiro atoms. The average Bonchev–Trinajstić information content (AvgIpc) is 3.18. The summed E-state index contributed by atoms with van der Waals surface area (Å²) < 4.78 is 0. The van der Waals surface area contributed by atoms with Gasteiger partial charge in [0.15, 0.2) is 0 Å². The molecular formula is C20H23N7O. The fourth-order valence-electron chi connectivity index (χ4n) is 3.55. The van der Waals surface area contributed by atoms with E-state index >= 15 is 0 Å². The molecule has 1 saturated heterocycles. The Bertz CT molecular complexity index is 1030. The minimum absolute atomic E-state index is 0.213. The maximum atomic E-state index is 12.0. The van der Waals surface area contributed by atoms with Crippen molar-refractivity contribution in [3.05, 3.63) is 47.8 Å². The first-order valence-electron chi connectivity index (χ1n) is 9.34. The highest BCUT2D eigenvalue weighted by molar-refractivity contribution is 5.91. The molecule has 8 nitrogen and oxygen atoms in total. The first-order chi connectivity index (χ1) is 13.6. The minimum Gasteiger partial charge on any atom is -0.380 e. The van der Waals surface area contributed by atoms with E-state index in [1.165, 1.54) is 0 Å². The van der Waals surface area contributed by atoms with Crippen LogP contribution in [0.4, 0.5) is 11.5 Å². The molecule has 1 amide bonds. The van der Waals surface area contributed by atoms with Crippen molar-refractivity contribution < 1.29 is 4.79 Å². The Morgan fingerprint density at radius 2 is 2.07 bits per heavy atom. The van der Waals surface area contributed by atoms with E-state index in [9.17, 15) is 4.79 Å². The Morgan fingerprint density at radius 3 is 2.89 bits per heavy atom. The van der Waals surface area contributed by atoms with Crippen molar-refractivity contribution in [2.24, 2.45) is 0 Å². The van der Waals surface area contributed by atoms with Crippen LogP contribution in [0.15, 0.2) is 30.7 Å². The highest BCUT2D eigenvalue weighted by Crippen LogP contribution is 2.27. The number of nitrogens with zero attached hydrogens (tertiary/aromatic N) is 5. The number of hydrogen-bond acceptors (Lipinski definition) is 7. The van der Waals surface area contributed by atoms with Crippen molar-refractivity contribution in [1.29, 1.82) is 0 Å². The van der Waals surface area contributed by atoms with Crippen LogP contribution < -0.4 is 15.5 Å². The number of carbonyl (C=O) groups is 1. The molecule has 1 atom stereocenters. The zero-order chi connectivity index (χ0) is 19.7. The Balaban J connectivity index is 1.56. The van der Waals surface area contributed by atoms with Crippen LogP contribution in [0.3, 0.4) is 0 Å². The van der Waals surface area contributed by atoms with Crippen LogP contribution in [0, 0.1) is 13.8 Å². The zero-order valence-corrected chi connectivity index (χ0v) is 16.2. The van der Waals surface area contributed by atoms with Gasteiger partial charge >= 0.3 is 0 Å². The third-order valence-corrected chi connectivity index (χ3v) is 5.19. The summed E-state index contributed by atoms with van der Waals surface area (Å²) in [5.41, 5.74) is 3.77. The van der Waals surface area contributed by atoms with Crippen molar-refractivity contribution in [3.63, 3.8) is 0 Å². The van der Waals surface area contributed by atoms with Gasteiger partial charge in [-0.25, -0.2) is 9.97 Å². The second-order valence-electron chi connectivity index (χ2n) is 6.99. The normalized spacial score (nSPS) is 16.4. The summed E-state index contributed by atoms with van der Waals surface area (Å²) in [6, 6.07) is 4.25. The molecule has 8 heteroatoms. The van der Waals surface area contributed by atoms with Crippen molar-refractivity contribution in [2.75, 3.05) is 30.4 Å². The summed E-state index contributed by atoms with van der Waals surface area (Å²) in [5.74, 6) is 0.777. The predicted octanol–water partition coefficient (Wildman–Crippen LogP) is 2.09. The number of carbonyl (C=O) groups excluding carboxylic acids is 1. The summed E-state index contributed by atoms with van der Waals surface area (Å²) in [5, 5.41) is 7.29. The summed E-state index contributed by atoms with van der Waals surface area (Å²) >= 11 is 0. The van der Waals surface area contributed by atoms with E-state index in [0.29, 0.717) is 0 Å². The minimum atomic E-state index is -0.268. The Hall–Kier alpha value is -3.29. The zero-order valence-electron chi connectivity index (χ0n) is 16.2. The molecule has 0 aliphatic carbocycles. The molecular weight excluding hydrogens is 354 g/mol. The molecule has 1 fully saturated rings. The molecule has 2 N–H and O–H groups in total. The fourth-order valence-corrected chi connectivity index (χ4v) is 3.55. The summed E-state index contributed by atoms with van der Waals surface area (Å²) in [6.07, 6.45) is 6.33. The van der Waals surface area contributed by atoms with Crippen LogP contribution in [0.5, 0.6) is 0 Å². The third kappa shape index (κ3) is 3.33. The Labute approximate surface area is 163 Å². The molecule has 3 aromatic rings. The number of anilines is 2. The molecule has 0 radical (unpaired) electrons. The molecule has 144 valence electrons. The van der Waals surface area contributed by atoms with E-state index in [1.807, 2.05) is 26.0 Å². The summed E-state index contributed by atoms with van der Waals surface area (Å²) in [6.45, 7) is 5.59. The van der Waals surface area contributed by atoms with E-state index in [0.717, 1.165) is 53.2 Å². The first-order valence-corrected chi connectivity index (χ1v) is 9.34. The molecule has 1 aliphatic heterocycles. The standard InChI is InChI=1S/C20H23N7O/c1-12-13(2)24-18(20(28)21-3)26-19(12)27-9-6-14(11-27)25-16-5-8-23-17-10-22-7-4-15(16)17/h4-5,7-8,10,14H,6,9,11H2,1-3H3,(H,21,28)(H,23,25)/t14-/m1/s1. The van der Waals surface area contributed by atoms with Crippen LogP contribution in [0.2, 0.25) is 0 Å². The smallest absolute Gasteiger partial charge is 0.288 e. The molecule has 28 heavy (non-hydrogen) atoms. The second-order valence-corrected chi connectivity index (χ2v) is 6.99. The molecule has 0 bridgehead atoms. The summed E-state index contributed by atoms with van der Waals surface area (Å²) in [7, 11) is 1.59. The van der Waals surface area contributed by atoms with Gasteiger partial charge in [0.2, 0.25) is 5.82 Å². The Kier molecular flexibility index (Phi) is 4.77. The van der Waals surface area contributed by atoms with Gasteiger partial charge in [0.05, 0.1) is 11.7 Å². The topological polar surface area (TPSA) is 95.9 Å². The van der Waals surface area contributed by atoms with Crippen molar-refractivity contribution in [1.82, 2.24) is 25.3 Å². The van der Waals surface area contributed by atoms with E-state index in [2.05, 4.69) is 35.5 Å². The van der Waals surface area contributed by atoms with Gasteiger partial charge in [-0.05, 0) is 32.4 Å². The second kappa shape index (κ2) is 7.38. The van der Waals surface area contributed by atoms with Crippen molar-refractivity contribution >= 4 is 28.3 Å². The highest BCUT2D eigenvalue weighted by Gasteiger charge is 2.26. The van der Waals surface area contributed by atoms with E-state index in [-0.39, 0.29) is 17.8 Å². The average molecular weight is 377 g/mol. The van der Waals surface area contributed by atoms with Crippen molar-refractivity contribution in [2.45, 2.75) is 26.3 Å². The molecule has 4 heterocycles. The number of pyridine rings is 2. The fraction of sp³-hybridized carbons (Fsp3) is 0.350. The van der Waals surface area contributed by atoms with Crippen LogP contribution in [0.25, 0.3) is 10.9 Å². The number of aryl methyl sites for hydroxylation is 1. The van der Waals surface area contributed by atoms with Gasteiger partial charge in [-0.1, -0.05) is 0 Å². The molecule has 0 unspecified atom stereocenters. The lowest BCUT2D eigenvalue weighted by atomic mass is 10.2. The predicted molar refractivity (Wildman–Crippen MR) is 109 cm³/mol. The number of nitrogens with one attached hydrogen (secondary N) is 2. The lowest BCUT2D eigenvalue weighted by Crippen LogP contribution is -2.29. The van der Waals surface area contributed by atoms with Crippen LogP contribution in [0.1, 0.15) is 28.3 Å². The van der Waals surface area contributed by atoms with E-state index in [1.54, 1.807) is 25.6 Å². The van der Waals surface area contributed by atoms with Gasteiger partial charge in [0.25, 0.3) is 5.91 Å². The lowest BCUT2D eigenvalue weighted by molar-refractivity contribution is 0.0952. The number of hydrogen-bond donors (Lipinski definition) is 2. The quantitative estimate of drug-likeness (QED) is 0.719. The Morgan fingerprint density at radius 1 is 1.21 bits per heavy atom. The van der Waals surface area contributed by atoms with E-state index < -0.39 is 0 Å². The SMILES string of the molecule is CNC(=O)c1nc(C)c(C)c(N2CC[C@@H](Nc3ccnc4cnccc34)C2)n1. The van der Waals surface area contributed by atoms with Gasteiger partial charge in [0, 0.05) is 60.9 Å². The van der Waals surface area contributed by atoms with Crippen molar-refractivity contribution in [3.8, 4) is 0 Å². The maximum Gasteiger partial charge on any atom is 0.288 e.